The van der Waals surface area contributed by atoms with Crippen LogP contribution in [-0.2, 0) is 12.8 Å². The Balaban J connectivity index is 1.71. The van der Waals surface area contributed by atoms with E-state index in [1.54, 1.807) is 18.2 Å². The summed E-state index contributed by atoms with van der Waals surface area (Å²) in [6, 6.07) is 8.48. The molecule has 7 heteroatoms. The number of anilines is 1. The maximum atomic E-state index is 13.6. The third-order valence-corrected chi connectivity index (χ3v) is 4.69. The van der Waals surface area contributed by atoms with Crippen molar-refractivity contribution in [2.75, 3.05) is 5.32 Å². The number of halogens is 2. The molecule has 1 heterocycles. The van der Waals surface area contributed by atoms with E-state index in [4.69, 9.17) is 0 Å². The highest BCUT2D eigenvalue weighted by atomic mass is 19.2. The van der Waals surface area contributed by atoms with Gasteiger partial charge in [0.25, 0.3) is 5.91 Å². The minimum absolute atomic E-state index is 0.0277. The number of nitrogens with zero attached hydrogens (tertiary/aromatic N) is 2. The van der Waals surface area contributed by atoms with Gasteiger partial charge in [0.1, 0.15) is 5.75 Å². The highest BCUT2D eigenvalue weighted by molar-refractivity contribution is 6.05. The Kier molecular flexibility index (Phi) is 4.14. The van der Waals surface area contributed by atoms with Crippen LogP contribution in [-0.4, -0.2) is 20.8 Å². The Labute approximate surface area is 154 Å². The van der Waals surface area contributed by atoms with Crippen molar-refractivity contribution in [3.05, 3.63) is 70.5 Å². The van der Waals surface area contributed by atoms with E-state index in [1.807, 2.05) is 6.92 Å². The number of benzene rings is 2. The van der Waals surface area contributed by atoms with E-state index in [1.165, 1.54) is 10.7 Å². The standard InChI is InChI=1S/C20H17F2N3O2/c1-11-5-8-16(18(26)9-11)23-20(27)19-13-3-2-4-17(13)25(24-19)12-6-7-14(21)15(22)10-12/h5-10,26H,2-4H2,1H3,(H,23,27). The fourth-order valence-corrected chi connectivity index (χ4v) is 3.38. The molecule has 1 aliphatic rings. The lowest BCUT2D eigenvalue weighted by molar-refractivity contribution is 0.102. The lowest BCUT2D eigenvalue weighted by Crippen LogP contribution is -2.15. The summed E-state index contributed by atoms with van der Waals surface area (Å²) < 4.78 is 28.4. The molecule has 5 nitrogen and oxygen atoms in total. The van der Waals surface area contributed by atoms with Gasteiger partial charge < -0.3 is 10.4 Å². The molecule has 0 spiro atoms. The van der Waals surface area contributed by atoms with Crippen molar-refractivity contribution in [1.82, 2.24) is 9.78 Å². The Hall–Kier alpha value is -3.22. The van der Waals surface area contributed by atoms with Crippen molar-refractivity contribution in [3.63, 3.8) is 0 Å². The van der Waals surface area contributed by atoms with Crippen LogP contribution in [0.4, 0.5) is 14.5 Å². The predicted octanol–water partition coefficient (Wildman–Crippen LogP) is 3.91. The Morgan fingerprint density at radius 3 is 2.70 bits per heavy atom. The van der Waals surface area contributed by atoms with Crippen LogP contribution in [0.3, 0.4) is 0 Å². The Morgan fingerprint density at radius 1 is 1.15 bits per heavy atom. The number of phenolic OH excluding ortho intramolecular Hbond substituents is 1. The summed E-state index contributed by atoms with van der Waals surface area (Å²) in [6.07, 6.45) is 2.24. The molecular formula is C20H17F2N3O2. The molecule has 3 aromatic rings. The number of fused-ring (bicyclic) bond motifs is 1. The molecule has 1 aromatic heterocycles. The van der Waals surface area contributed by atoms with Crippen molar-refractivity contribution in [2.45, 2.75) is 26.2 Å². The topological polar surface area (TPSA) is 67.2 Å². The Bertz CT molecular complexity index is 1060. The van der Waals surface area contributed by atoms with Crippen molar-refractivity contribution in [2.24, 2.45) is 0 Å². The quantitative estimate of drug-likeness (QED) is 0.688. The molecule has 0 bridgehead atoms. The summed E-state index contributed by atoms with van der Waals surface area (Å²) >= 11 is 0. The molecule has 27 heavy (non-hydrogen) atoms. The maximum Gasteiger partial charge on any atom is 0.276 e. The number of carbonyl (C=O) groups excluding carboxylic acids is 1. The van der Waals surface area contributed by atoms with Gasteiger partial charge in [-0.2, -0.15) is 5.10 Å². The van der Waals surface area contributed by atoms with Gasteiger partial charge in [0.2, 0.25) is 0 Å². The van der Waals surface area contributed by atoms with Crippen molar-refractivity contribution < 1.29 is 18.7 Å². The van der Waals surface area contributed by atoms with E-state index >= 15 is 0 Å². The monoisotopic (exact) mass is 369 g/mol. The summed E-state index contributed by atoms with van der Waals surface area (Å²) in [4.78, 5) is 12.7. The van der Waals surface area contributed by atoms with Crippen LogP contribution < -0.4 is 5.32 Å². The largest absolute Gasteiger partial charge is 0.506 e. The molecule has 0 aliphatic heterocycles. The lowest BCUT2D eigenvalue weighted by Gasteiger charge is -2.07. The van der Waals surface area contributed by atoms with Gasteiger partial charge in [0.05, 0.1) is 11.4 Å². The second-order valence-electron chi connectivity index (χ2n) is 6.61. The first-order valence-electron chi connectivity index (χ1n) is 8.61. The SMILES string of the molecule is Cc1ccc(NC(=O)c2nn(-c3ccc(F)c(F)c3)c3c2CCC3)c(O)c1. The maximum absolute atomic E-state index is 13.6. The smallest absolute Gasteiger partial charge is 0.276 e. The van der Waals surface area contributed by atoms with Crippen molar-refractivity contribution >= 4 is 11.6 Å². The van der Waals surface area contributed by atoms with Gasteiger partial charge >= 0.3 is 0 Å². The van der Waals surface area contributed by atoms with Gasteiger partial charge in [-0.15, -0.1) is 0 Å². The van der Waals surface area contributed by atoms with Gasteiger partial charge in [-0.1, -0.05) is 6.07 Å². The highest BCUT2D eigenvalue weighted by Crippen LogP contribution is 2.30. The molecule has 0 fully saturated rings. The minimum Gasteiger partial charge on any atom is -0.506 e. The first-order chi connectivity index (χ1) is 12.9. The fourth-order valence-electron chi connectivity index (χ4n) is 3.38. The van der Waals surface area contributed by atoms with Crippen LogP contribution in [0.1, 0.15) is 33.7 Å². The number of hydrogen-bond acceptors (Lipinski definition) is 3. The van der Waals surface area contributed by atoms with E-state index < -0.39 is 17.5 Å². The van der Waals surface area contributed by atoms with Crippen LogP contribution in [0.5, 0.6) is 5.75 Å². The summed E-state index contributed by atoms with van der Waals surface area (Å²) in [5.41, 5.74) is 3.37. The molecule has 0 saturated heterocycles. The first-order valence-corrected chi connectivity index (χ1v) is 8.61. The number of nitrogens with one attached hydrogen (secondary N) is 1. The molecule has 0 saturated carbocycles. The van der Waals surface area contributed by atoms with Crippen molar-refractivity contribution in [3.8, 4) is 11.4 Å². The normalized spacial score (nSPS) is 12.9. The van der Waals surface area contributed by atoms with Gasteiger partial charge in [-0.25, -0.2) is 13.5 Å². The lowest BCUT2D eigenvalue weighted by atomic mass is 10.1. The second-order valence-corrected chi connectivity index (χ2v) is 6.61. The number of phenols is 1. The molecule has 1 aliphatic carbocycles. The molecule has 0 radical (unpaired) electrons. The van der Waals surface area contributed by atoms with E-state index in [0.29, 0.717) is 24.2 Å². The van der Waals surface area contributed by atoms with E-state index in [9.17, 15) is 18.7 Å². The molecule has 0 unspecified atom stereocenters. The average Bonchev–Trinajstić information content (AvgIpc) is 3.22. The number of aromatic nitrogens is 2. The first kappa shape index (κ1) is 17.2. The highest BCUT2D eigenvalue weighted by Gasteiger charge is 2.27. The molecule has 2 aromatic carbocycles. The third-order valence-electron chi connectivity index (χ3n) is 4.69. The number of aromatic hydroxyl groups is 1. The van der Waals surface area contributed by atoms with Gasteiger partial charge in [-0.3, -0.25) is 4.79 Å². The van der Waals surface area contributed by atoms with Crippen LogP contribution >= 0.6 is 0 Å². The number of rotatable bonds is 3. The molecule has 138 valence electrons. The third kappa shape index (κ3) is 3.05. The van der Waals surface area contributed by atoms with Crippen LogP contribution in [0.15, 0.2) is 36.4 Å². The zero-order chi connectivity index (χ0) is 19.1. The van der Waals surface area contributed by atoms with E-state index in [2.05, 4.69) is 10.4 Å². The fraction of sp³-hybridized carbons (Fsp3) is 0.200. The zero-order valence-corrected chi connectivity index (χ0v) is 14.6. The number of hydrogen-bond donors (Lipinski definition) is 2. The summed E-state index contributed by atoms with van der Waals surface area (Å²) in [6.45, 7) is 1.84. The van der Waals surface area contributed by atoms with E-state index in [0.717, 1.165) is 35.4 Å². The summed E-state index contributed by atoms with van der Waals surface area (Å²) in [7, 11) is 0. The predicted molar refractivity (Wildman–Crippen MR) is 96.3 cm³/mol. The van der Waals surface area contributed by atoms with Crippen LogP contribution in [0.25, 0.3) is 5.69 Å². The van der Waals surface area contributed by atoms with Crippen molar-refractivity contribution in [1.29, 1.82) is 0 Å². The molecular weight excluding hydrogens is 352 g/mol. The molecule has 4 rings (SSSR count). The molecule has 1 amide bonds. The van der Waals surface area contributed by atoms with Gasteiger partial charge in [0.15, 0.2) is 17.3 Å². The van der Waals surface area contributed by atoms with Crippen LogP contribution in [0.2, 0.25) is 0 Å². The number of aryl methyl sites for hydroxylation is 1. The number of amides is 1. The summed E-state index contributed by atoms with van der Waals surface area (Å²) in [5, 5.41) is 17.0. The van der Waals surface area contributed by atoms with Crippen LogP contribution in [0, 0.1) is 18.6 Å². The Morgan fingerprint density at radius 2 is 1.96 bits per heavy atom. The summed E-state index contributed by atoms with van der Waals surface area (Å²) in [5.74, 6) is -2.38. The van der Waals surface area contributed by atoms with Gasteiger partial charge in [0, 0.05) is 17.3 Å². The minimum atomic E-state index is -0.967. The average molecular weight is 369 g/mol. The van der Waals surface area contributed by atoms with E-state index in [-0.39, 0.29) is 11.4 Å². The number of carbonyl (C=O) groups is 1. The molecule has 2 N–H and O–H groups in total. The molecule has 0 atom stereocenters. The second kappa shape index (κ2) is 6.50. The van der Waals surface area contributed by atoms with Gasteiger partial charge in [-0.05, 0) is 56.0 Å². The zero-order valence-electron chi connectivity index (χ0n) is 14.6.